The summed E-state index contributed by atoms with van der Waals surface area (Å²) in [6, 6.07) is 10.3. The Morgan fingerprint density at radius 2 is 2.08 bits per heavy atom. The van der Waals surface area contributed by atoms with E-state index >= 15 is 0 Å². The Labute approximate surface area is 142 Å². The van der Waals surface area contributed by atoms with Gasteiger partial charge in [-0.2, -0.15) is 5.10 Å². The molecule has 0 amide bonds. The first kappa shape index (κ1) is 16.4. The summed E-state index contributed by atoms with van der Waals surface area (Å²) in [5.41, 5.74) is 2.26. The number of nitrogens with zero attached hydrogens (tertiary/aromatic N) is 3. The summed E-state index contributed by atoms with van der Waals surface area (Å²) < 4.78 is 12.3. The van der Waals surface area contributed by atoms with E-state index in [1.54, 1.807) is 18.7 Å². The predicted octanol–water partition coefficient (Wildman–Crippen LogP) is 2.42. The summed E-state index contributed by atoms with van der Waals surface area (Å²) in [4.78, 5) is 14.7. The largest absolute Gasteiger partial charge is 0.481 e. The number of esters is 1. The van der Waals surface area contributed by atoms with Crippen molar-refractivity contribution in [2.24, 2.45) is 13.0 Å². The van der Waals surface area contributed by atoms with E-state index in [4.69, 9.17) is 9.47 Å². The van der Waals surface area contributed by atoms with Gasteiger partial charge < -0.3 is 14.4 Å². The molecular weight excluding hydrogens is 306 g/mol. The van der Waals surface area contributed by atoms with Crippen molar-refractivity contribution >= 4 is 11.7 Å². The van der Waals surface area contributed by atoms with Crippen molar-refractivity contribution in [1.82, 2.24) is 9.78 Å². The zero-order chi connectivity index (χ0) is 17.1. The molecule has 0 spiro atoms. The number of carbonyl (C=O) groups excluding carboxylic acids is 1. The van der Waals surface area contributed by atoms with E-state index in [0.717, 1.165) is 19.5 Å². The maximum Gasteiger partial charge on any atom is 0.345 e. The van der Waals surface area contributed by atoms with Crippen LogP contribution in [0.15, 0.2) is 30.3 Å². The zero-order valence-electron chi connectivity index (χ0n) is 14.4. The molecule has 1 aromatic carbocycles. The quantitative estimate of drug-likeness (QED) is 0.789. The third-order valence-electron chi connectivity index (χ3n) is 4.42. The monoisotopic (exact) mass is 329 g/mol. The lowest BCUT2D eigenvalue weighted by molar-refractivity contribution is 0.0446. The van der Waals surface area contributed by atoms with E-state index in [-0.39, 0.29) is 5.97 Å². The van der Waals surface area contributed by atoms with Gasteiger partial charge in [-0.05, 0) is 25.5 Å². The van der Waals surface area contributed by atoms with Gasteiger partial charge in [-0.1, -0.05) is 18.2 Å². The van der Waals surface area contributed by atoms with Crippen molar-refractivity contribution in [3.8, 4) is 5.88 Å². The topological polar surface area (TPSA) is 56.6 Å². The van der Waals surface area contributed by atoms with Crippen LogP contribution in [-0.2, 0) is 11.8 Å². The Hall–Kier alpha value is -2.50. The number of aryl methyl sites for hydroxylation is 2. The van der Waals surface area contributed by atoms with Gasteiger partial charge in [-0.3, -0.25) is 0 Å². The molecule has 2 heterocycles. The Bertz CT molecular complexity index is 712. The number of hydrogen-bond acceptors (Lipinski definition) is 5. The van der Waals surface area contributed by atoms with Crippen LogP contribution in [0.4, 0.5) is 5.69 Å². The molecule has 0 saturated carbocycles. The first-order chi connectivity index (χ1) is 11.6. The van der Waals surface area contributed by atoms with Crippen LogP contribution in [-0.4, -0.2) is 42.6 Å². The highest BCUT2D eigenvalue weighted by atomic mass is 16.5. The molecule has 1 unspecified atom stereocenters. The van der Waals surface area contributed by atoms with Gasteiger partial charge in [-0.25, -0.2) is 9.48 Å². The van der Waals surface area contributed by atoms with Crippen LogP contribution in [0.25, 0.3) is 0 Å². The van der Waals surface area contributed by atoms with Gasteiger partial charge in [0.2, 0.25) is 5.88 Å². The average molecular weight is 329 g/mol. The van der Waals surface area contributed by atoms with E-state index in [1.165, 1.54) is 12.8 Å². The highest BCUT2D eigenvalue weighted by Gasteiger charge is 2.27. The number of carbonyl (C=O) groups is 1. The van der Waals surface area contributed by atoms with Crippen LogP contribution in [0.5, 0.6) is 5.88 Å². The van der Waals surface area contributed by atoms with E-state index < -0.39 is 0 Å². The van der Waals surface area contributed by atoms with Crippen LogP contribution < -0.4 is 9.64 Å². The van der Waals surface area contributed by atoms with E-state index in [0.29, 0.717) is 29.7 Å². The molecule has 1 fully saturated rings. The number of rotatable bonds is 5. The minimum atomic E-state index is -0.365. The summed E-state index contributed by atoms with van der Waals surface area (Å²) >= 11 is 0. The van der Waals surface area contributed by atoms with Crippen LogP contribution in [0, 0.1) is 12.8 Å². The maximum atomic E-state index is 12.4. The SMILES string of the molecule is COc1c(C(=O)OCC2CCN(c3ccccc3)C2)c(C)nn1C. The Kier molecular flexibility index (Phi) is 4.74. The third kappa shape index (κ3) is 3.22. The molecule has 1 atom stereocenters. The standard InChI is InChI=1S/C18H23N3O3/c1-13-16(17(23-3)20(2)19-13)18(22)24-12-14-9-10-21(11-14)15-7-5-4-6-8-15/h4-8,14H,9-12H2,1-3H3. The second kappa shape index (κ2) is 6.95. The molecule has 6 heteroatoms. The second-order valence-electron chi connectivity index (χ2n) is 6.13. The van der Waals surface area contributed by atoms with Crippen molar-refractivity contribution < 1.29 is 14.3 Å². The fourth-order valence-electron chi connectivity index (χ4n) is 3.21. The molecule has 0 N–H and O–H groups in total. The van der Waals surface area contributed by atoms with Crippen LogP contribution in [0.3, 0.4) is 0 Å². The number of hydrogen-bond donors (Lipinski definition) is 0. The summed E-state index contributed by atoms with van der Waals surface area (Å²) in [5, 5.41) is 4.22. The van der Waals surface area contributed by atoms with Crippen LogP contribution in [0.1, 0.15) is 22.5 Å². The lowest BCUT2D eigenvalue weighted by Gasteiger charge is -2.18. The lowest BCUT2D eigenvalue weighted by Crippen LogP contribution is -2.22. The molecule has 3 rings (SSSR count). The molecule has 0 aliphatic carbocycles. The van der Waals surface area contributed by atoms with Gasteiger partial charge in [0.1, 0.15) is 5.56 Å². The van der Waals surface area contributed by atoms with Crippen LogP contribution >= 0.6 is 0 Å². The fraction of sp³-hybridized carbons (Fsp3) is 0.444. The van der Waals surface area contributed by atoms with Gasteiger partial charge in [0.15, 0.2) is 0 Å². The Morgan fingerprint density at radius 3 is 2.79 bits per heavy atom. The molecule has 1 aromatic heterocycles. The van der Waals surface area contributed by atoms with E-state index in [1.807, 2.05) is 18.2 Å². The number of ether oxygens (including phenoxy) is 2. The number of aromatic nitrogens is 2. The summed E-state index contributed by atoms with van der Waals surface area (Å²) in [6.45, 7) is 4.09. The molecule has 2 aromatic rings. The third-order valence-corrected chi connectivity index (χ3v) is 4.42. The number of methoxy groups -OCH3 is 1. The van der Waals surface area contributed by atoms with Gasteiger partial charge in [0, 0.05) is 31.7 Å². The van der Waals surface area contributed by atoms with E-state index in [9.17, 15) is 4.79 Å². The molecule has 0 bridgehead atoms. The molecule has 24 heavy (non-hydrogen) atoms. The second-order valence-corrected chi connectivity index (χ2v) is 6.13. The minimum Gasteiger partial charge on any atom is -0.481 e. The summed E-state index contributed by atoms with van der Waals surface area (Å²) in [6.07, 6.45) is 1.02. The Balaban J connectivity index is 1.58. The Morgan fingerprint density at radius 1 is 1.33 bits per heavy atom. The molecule has 128 valence electrons. The first-order valence-corrected chi connectivity index (χ1v) is 8.15. The van der Waals surface area contributed by atoms with Crippen molar-refractivity contribution in [1.29, 1.82) is 0 Å². The molecule has 1 aliphatic heterocycles. The van der Waals surface area contributed by atoms with Crippen molar-refractivity contribution in [2.75, 3.05) is 31.7 Å². The molecular formula is C18H23N3O3. The van der Waals surface area contributed by atoms with Gasteiger partial charge in [-0.15, -0.1) is 0 Å². The number of benzene rings is 1. The van der Waals surface area contributed by atoms with Gasteiger partial charge in [0.05, 0.1) is 19.4 Å². The fourth-order valence-corrected chi connectivity index (χ4v) is 3.21. The average Bonchev–Trinajstić information content (AvgIpc) is 3.17. The maximum absolute atomic E-state index is 12.4. The highest BCUT2D eigenvalue weighted by Crippen LogP contribution is 2.25. The molecule has 1 saturated heterocycles. The summed E-state index contributed by atoms with van der Waals surface area (Å²) in [7, 11) is 3.28. The van der Waals surface area contributed by atoms with Crippen LogP contribution in [0.2, 0.25) is 0 Å². The summed E-state index contributed by atoms with van der Waals surface area (Å²) in [5.74, 6) is 0.419. The molecule has 0 radical (unpaired) electrons. The lowest BCUT2D eigenvalue weighted by atomic mass is 10.1. The smallest absolute Gasteiger partial charge is 0.345 e. The zero-order valence-corrected chi connectivity index (χ0v) is 14.4. The molecule has 1 aliphatic rings. The van der Waals surface area contributed by atoms with Crippen molar-refractivity contribution in [3.05, 3.63) is 41.6 Å². The van der Waals surface area contributed by atoms with Crippen molar-refractivity contribution in [3.63, 3.8) is 0 Å². The normalized spacial score (nSPS) is 17.1. The van der Waals surface area contributed by atoms with Gasteiger partial charge in [0.25, 0.3) is 0 Å². The number of anilines is 1. The minimum absolute atomic E-state index is 0.345. The number of para-hydroxylation sites is 1. The van der Waals surface area contributed by atoms with Crippen molar-refractivity contribution in [2.45, 2.75) is 13.3 Å². The van der Waals surface area contributed by atoms with E-state index in [2.05, 4.69) is 22.1 Å². The highest BCUT2D eigenvalue weighted by molar-refractivity contribution is 5.93. The first-order valence-electron chi connectivity index (χ1n) is 8.15. The predicted molar refractivity (Wildman–Crippen MR) is 91.5 cm³/mol. The van der Waals surface area contributed by atoms with Gasteiger partial charge >= 0.3 is 5.97 Å². The molecule has 6 nitrogen and oxygen atoms in total.